The lowest BCUT2D eigenvalue weighted by Crippen LogP contribution is -1.95. The fraction of sp³-hybridized carbons (Fsp3) is 0.333. The molecule has 3 N–H and O–H groups in total. The van der Waals surface area contributed by atoms with Gasteiger partial charge in [-0.2, -0.15) is 0 Å². The highest BCUT2D eigenvalue weighted by molar-refractivity contribution is 5.55. The highest BCUT2D eigenvalue weighted by Gasteiger charge is 1.94. The third-order valence-electron chi connectivity index (χ3n) is 2.03. The van der Waals surface area contributed by atoms with Crippen LogP contribution in [-0.4, -0.2) is 21.5 Å². The third kappa shape index (κ3) is 4.23. The molecule has 2 heterocycles. The molecule has 0 spiro atoms. The Balaban J connectivity index is 0.000000221. The SMILES string of the molecule is CCCCN.c1cncc(-c2cnc[nH]2)c1. The maximum absolute atomic E-state index is 5.14. The van der Waals surface area contributed by atoms with Crippen molar-refractivity contribution in [3.8, 4) is 11.3 Å². The Morgan fingerprint density at radius 1 is 1.31 bits per heavy atom. The van der Waals surface area contributed by atoms with Crippen LogP contribution in [0.1, 0.15) is 19.8 Å². The number of imidazole rings is 1. The van der Waals surface area contributed by atoms with Gasteiger partial charge in [-0.05, 0) is 25.1 Å². The summed E-state index contributed by atoms with van der Waals surface area (Å²) in [4.78, 5) is 10.9. The molecule has 0 aromatic carbocycles. The van der Waals surface area contributed by atoms with Crippen molar-refractivity contribution < 1.29 is 0 Å². The van der Waals surface area contributed by atoms with Gasteiger partial charge in [-0.1, -0.05) is 13.3 Å². The summed E-state index contributed by atoms with van der Waals surface area (Å²) in [6, 6.07) is 3.89. The first-order valence-electron chi connectivity index (χ1n) is 5.47. The van der Waals surface area contributed by atoms with Gasteiger partial charge < -0.3 is 10.7 Å². The highest BCUT2D eigenvalue weighted by Crippen LogP contribution is 2.12. The zero-order chi connectivity index (χ0) is 11.6. The number of H-pyrrole nitrogens is 1. The number of pyridine rings is 1. The lowest BCUT2D eigenvalue weighted by Gasteiger charge is -1.92. The fourth-order valence-corrected chi connectivity index (χ4v) is 1.14. The van der Waals surface area contributed by atoms with Crippen molar-refractivity contribution >= 4 is 0 Å². The first-order chi connectivity index (χ1) is 7.88. The standard InChI is InChI=1S/C8H7N3.C4H11N/c1-2-7(4-9-3-1)8-5-10-6-11-8;1-2-3-4-5/h1-6H,(H,10,11);2-5H2,1H3. The molecule has 0 bridgehead atoms. The van der Waals surface area contributed by atoms with Crippen molar-refractivity contribution in [3.05, 3.63) is 37.1 Å². The summed E-state index contributed by atoms with van der Waals surface area (Å²) in [5, 5.41) is 0. The number of nitrogens with zero attached hydrogens (tertiary/aromatic N) is 2. The molecule has 4 heteroatoms. The summed E-state index contributed by atoms with van der Waals surface area (Å²) in [6.45, 7) is 2.98. The first kappa shape index (κ1) is 12.4. The molecule has 16 heavy (non-hydrogen) atoms. The van der Waals surface area contributed by atoms with Gasteiger partial charge in [-0.25, -0.2) is 4.98 Å². The summed E-state index contributed by atoms with van der Waals surface area (Å²) in [7, 11) is 0. The molecule has 0 aliphatic rings. The van der Waals surface area contributed by atoms with Crippen molar-refractivity contribution in [2.45, 2.75) is 19.8 Å². The second-order valence-corrected chi connectivity index (χ2v) is 3.35. The number of aromatic amines is 1. The Morgan fingerprint density at radius 2 is 2.19 bits per heavy atom. The predicted octanol–water partition coefficient (Wildman–Crippen LogP) is 2.22. The van der Waals surface area contributed by atoms with E-state index < -0.39 is 0 Å². The van der Waals surface area contributed by atoms with Crippen LogP contribution >= 0.6 is 0 Å². The van der Waals surface area contributed by atoms with E-state index in [1.807, 2.05) is 12.1 Å². The highest BCUT2D eigenvalue weighted by atomic mass is 14.9. The molecule has 0 atom stereocenters. The van der Waals surface area contributed by atoms with E-state index in [-0.39, 0.29) is 0 Å². The molecule has 0 aliphatic heterocycles. The Morgan fingerprint density at radius 3 is 2.62 bits per heavy atom. The predicted molar refractivity (Wildman–Crippen MR) is 65.8 cm³/mol. The van der Waals surface area contributed by atoms with E-state index in [9.17, 15) is 0 Å². The van der Waals surface area contributed by atoms with Crippen molar-refractivity contribution in [2.75, 3.05) is 6.54 Å². The Hall–Kier alpha value is -1.68. The summed E-state index contributed by atoms with van der Waals surface area (Å²) in [5.74, 6) is 0. The average molecular weight is 218 g/mol. The van der Waals surface area contributed by atoms with Crippen molar-refractivity contribution in [2.24, 2.45) is 5.73 Å². The second-order valence-electron chi connectivity index (χ2n) is 3.35. The maximum Gasteiger partial charge on any atom is 0.0924 e. The van der Waals surface area contributed by atoms with E-state index in [0.29, 0.717) is 0 Å². The lowest BCUT2D eigenvalue weighted by molar-refractivity contribution is 0.807. The monoisotopic (exact) mass is 218 g/mol. The van der Waals surface area contributed by atoms with E-state index in [4.69, 9.17) is 5.73 Å². The maximum atomic E-state index is 5.14. The Labute approximate surface area is 95.9 Å². The number of unbranched alkanes of at least 4 members (excludes halogenated alkanes) is 1. The molecule has 0 unspecified atom stereocenters. The largest absolute Gasteiger partial charge is 0.345 e. The number of hydrogen-bond donors (Lipinski definition) is 2. The van der Waals surface area contributed by atoms with E-state index in [1.54, 1.807) is 24.9 Å². The van der Waals surface area contributed by atoms with Gasteiger partial charge >= 0.3 is 0 Å². The average Bonchev–Trinajstić information content (AvgIpc) is 2.86. The zero-order valence-electron chi connectivity index (χ0n) is 9.56. The van der Waals surface area contributed by atoms with Gasteiger partial charge in [0.25, 0.3) is 0 Å². The van der Waals surface area contributed by atoms with Crippen LogP contribution in [-0.2, 0) is 0 Å². The molecule has 2 aromatic heterocycles. The minimum atomic E-state index is 0.844. The molecule has 0 saturated heterocycles. The van der Waals surface area contributed by atoms with Crippen molar-refractivity contribution in [1.29, 1.82) is 0 Å². The summed E-state index contributed by atoms with van der Waals surface area (Å²) < 4.78 is 0. The summed E-state index contributed by atoms with van der Waals surface area (Å²) >= 11 is 0. The van der Waals surface area contributed by atoms with Crippen LogP contribution in [0.2, 0.25) is 0 Å². The number of aromatic nitrogens is 3. The van der Waals surface area contributed by atoms with Crippen molar-refractivity contribution in [1.82, 2.24) is 15.0 Å². The molecular weight excluding hydrogens is 200 g/mol. The Bertz CT molecular complexity index is 354. The fourth-order valence-electron chi connectivity index (χ4n) is 1.14. The molecule has 2 aromatic rings. The van der Waals surface area contributed by atoms with Gasteiger partial charge in [0.15, 0.2) is 0 Å². The summed E-state index contributed by atoms with van der Waals surface area (Å²) in [5.41, 5.74) is 7.20. The van der Waals surface area contributed by atoms with Gasteiger partial charge in [-0.3, -0.25) is 4.98 Å². The number of nitrogens with two attached hydrogens (primary N) is 1. The van der Waals surface area contributed by atoms with Gasteiger partial charge in [0.1, 0.15) is 0 Å². The minimum absolute atomic E-state index is 0.844. The number of nitrogens with one attached hydrogen (secondary N) is 1. The molecule has 0 aliphatic carbocycles. The van der Waals surface area contributed by atoms with Gasteiger partial charge in [0.2, 0.25) is 0 Å². The van der Waals surface area contributed by atoms with Gasteiger partial charge in [0.05, 0.1) is 18.2 Å². The molecule has 0 fully saturated rings. The first-order valence-corrected chi connectivity index (χ1v) is 5.47. The zero-order valence-corrected chi connectivity index (χ0v) is 9.56. The van der Waals surface area contributed by atoms with Crippen LogP contribution in [0.4, 0.5) is 0 Å². The van der Waals surface area contributed by atoms with E-state index in [1.165, 1.54) is 12.8 Å². The molecule has 86 valence electrons. The van der Waals surface area contributed by atoms with Crippen LogP contribution in [0.25, 0.3) is 11.3 Å². The van der Waals surface area contributed by atoms with Crippen LogP contribution in [0.15, 0.2) is 37.1 Å². The second kappa shape index (κ2) is 7.59. The Kier molecular flexibility index (Phi) is 5.88. The van der Waals surface area contributed by atoms with Crippen LogP contribution in [0, 0.1) is 0 Å². The van der Waals surface area contributed by atoms with Crippen LogP contribution in [0.3, 0.4) is 0 Å². The van der Waals surface area contributed by atoms with Crippen LogP contribution < -0.4 is 5.73 Å². The van der Waals surface area contributed by atoms with Crippen LogP contribution in [0.5, 0.6) is 0 Å². The quantitative estimate of drug-likeness (QED) is 0.830. The molecule has 0 amide bonds. The smallest absolute Gasteiger partial charge is 0.0924 e. The molecule has 0 saturated carbocycles. The van der Waals surface area contributed by atoms with Crippen molar-refractivity contribution in [3.63, 3.8) is 0 Å². The van der Waals surface area contributed by atoms with Gasteiger partial charge in [-0.15, -0.1) is 0 Å². The number of hydrogen-bond acceptors (Lipinski definition) is 3. The molecule has 0 radical (unpaired) electrons. The minimum Gasteiger partial charge on any atom is -0.345 e. The third-order valence-corrected chi connectivity index (χ3v) is 2.03. The van der Waals surface area contributed by atoms with E-state index in [0.717, 1.165) is 17.8 Å². The van der Waals surface area contributed by atoms with E-state index >= 15 is 0 Å². The lowest BCUT2D eigenvalue weighted by atomic mass is 10.2. The van der Waals surface area contributed by atoms with Gasteiger partial charge in [0, 0.05) is 18.0 Å². The normalized spacial score (nSPS) is 9.38. The number of rotatable bonds is 3. The molecule has 2 rings (SSSR count). The topological polar surface area (TPSA) is 67.6 Å². The molecule has 4 nitrogen and oxygen atoms in total. The molecular formula is C12H18N4. The summed E-state index contributed by atoms with van der Waals surface area (Å²) in [6.07, 6.45) is 9.36. The van der Waals surface area contributed by atoms with E-state index in [2.05, 4.69) is 21.9 Å².